The highest BCUT2D eigenvalue weighted by Crippen LogP contribution is 2.38. The average Bonchev–Trinajstić information content (AvgIpc) is 3.30. The van der Waals surface area contributed by atoms with Gasteiger partial charge in [-0.3, -0.25) is 19.8 Å². The number of halogens is 1. The van der Waals surface area contributed by atoms with Gasteiger partial charge in [0.05, 0.1) is 11.6 Å². The minimum atomic E-state index is -0.724. The fourth-order valence-electron chi connectivity index (χ4n) is 4.36. The molecular formula is C26H27ClN2O5. The van der Waals surface area contributed by atoms with Crippen molar-refractivity contribution in [2.24, 2.45) is 0 Å². The minimum absolute atomic E-state index is 0.113. The smallest absolute Gasteiger partial charge is 0.331 e. The molecule has 1 saturated heterocycles. The van der Waals surface area contributed by atoms with E-state index in [2.05, 4.69) is 5.32 Å². The van der Waals surface area contributed by atoms with Crippen molar-refractivity contribution in [2.45, 2.75) is 52.2 Å². The van der Waals surface area contributed by atoms with Crippen LogP contribution >= 0.6 is 11.6 Å². The Morgan fingerprint density at radius 3 is 2.59 bits per heavy atom. The molecular weight excluding hydrogens is 456 g/mol. The fourth-order valence-corrected chi connectivity index (χ4v) is 4.64. The maximum Gasteiger partial charge on any atom is 0.331 e. The van der Waals surface area contributed by atoms with Crippen molar-refractivity contribution in [2.75, 3.05) is 6.61 Å². The number of hydrogen-bond acceptors (Lipinski definition) is 5. The Hall–Kier alpha value is -3.32. The Balaban J connectivity index is 1.62. The Morgan fingerprint density at radius 2 is 1.88 bits per heavy atom. The van der Waals surface area contributed by atoms with E-state index in [0.29, 0.717) is 30.3 Å². The number of barbiturate groups is 1. The van der Waals surface area contributed by atoms with Gasteiger partial charge in [0.1, 0.15) is 12.2 Å². The predicted molar refractivity (Wildman–Crippen MR) is 129 cm³/mol. The maximum absolute atomic E-state index is 13.1. The molecule has 0 radical (unpaired) electrons. The number of carbonyl (C=O) groups excluding carboxylic acids is 3. The highest BCUT2D eigenvalue weighted by molar-refractivity contribution is 6.33. The number of imide groups is 2. The summed E-state index contributed by atoms with van der Waals surface area (Å²) in [7, 11) is 0. The topological polar surface area (TPSA) is 84.9 Å². The van der Waals surface area contributed by atoms with Gasteiger partial charge in [-0.25, -0.2) is 4.79 Å². The number of benzene rings is 2. The Labute approximate surface area is 203 Å². The molecule has 0 aromatic heterocycles. The Bertz CT molecular complexity index is 1150. The van der Waals surface area contributed by atoms with Crippen molar-refractivity contribution in [1.82, 2.24) is 10.2 Å². The number of amides is 4. The molecule has 1 N–H and O–H groups in total. The number of nitrogens with one attached hydrogen (secondary N) is 1. The monoisotopic (exact) mass is 482 g/mol. The van der Waals surface area contributed by atoms with Crippen molar-refractivity contribution in [3.05, 3.63) is 63.7 Å². The number of carbonyl (C=O) groups is 3. The van der Waals surface area contributed by atoms with Crippen LogP contribution in [0.2, 0.25) is 5.02 Å². The average molecular weight is 483 g/mol. The molecule has 1 heterocycles. The lowest BCUT2D eigenvalue weighted by Crippen LogP contribution is -2.57. The largest absolute Gasteiger partial charge is 0.490 e. The highest BCUT2D eigenvalue weighted by atomic mass is 35.5. The van der Waals surface area contributed by atoms with Gasteiger partial charge in [0.2, 0.25) is 0 Å². The first kappa shape index (κ1) is 23.8. The molecule has 8 heteroatoms. The number of urea groups is 1. The van der Waals surface area contributed by atoms with Gasteiger partial charge in [0, 0.05) is 6.04 Å². The van der Waals surface area contributed by atoms with Crippen LogP contribution in [0.15, 0.2) is 42.0 Å². The van der Waals surface area contributed by atoms with Gasteiger partial charge in [0.15, 0.2) is 11.5 Å². The van der Waals surface area contributed by atoms with Crippen molar-refractivity contribution in [3.63, 3.8) is 0 Å². The normalized spacial score (nSPS) is 17.9. The molecule has 2 aromatic rings. The molecule has 7 nitrogen and oxygen atoms in total. The second kappa shape index (κ2) is 10.3. The van der Waals surface area contributed by atoms with Crippen LogP contribution in [0.4, 0.5) is 4.79 Å². The van der Waals surface area contributed by atoms with Crippen LogP contribution in [0.1, 0.15) is 49.3 Å². The van der Waals surface area contributed by atoms with Gasteiger partial charge in [-0.15, -0.1) is 0 Å². The SMILES string of the molecule is CCOc1cc(/C=C2\C(=O)NC(=O)N(C3CCCC3)C2=O)cc(Cl)c1OCc1cccc(C)c1. The number of rotatable bonds is 7. The second-order valence-corrected chi connectivity index (χ2v) is 8.88. The maximum atomic E-state index is 13.1. The van der Waals surface area contributed by atoms with Gasteiger partial charge in [-0.1, -0.05) is 54.3 Å². The first-order valence-corrected chi connectivity index (χ1v) is 11.8. The lowest BCUT2D eigenvalue weighted by Gasteiger charge is -2.31. The number of ether oxygens (including phenoxy) is 2. The van der Waals surface area contributed by atoms with Crippen molar-refractivity contribution >= 4 is 35.5 Å². The van der Waals surface area contributed by atoms with E-state index in [1.54, 1.807) is 12.1 Å². The Morgan fingerprint density at radius 1 is 1.12 bits per heavy atom. The molecule has 178 valence electrons. The van der Waals surface area contributed by atoms with E-state index in [1.165, 1.54) is 11.0 Å². The summed E-state index contributed by atoms with van der Waals surface area (Å²) in [5.41, 5.74) is 2.50. The molecule has 34 heavy (non-hydrogen) atoms. The van der Waals surface area contributed by atoms with E-state index in [-0.39, 0.29) is 16.6 Å². The summed E-state index contributed by atoms with van der Waals surface area (Å²) in [6.07, 6.45) is 4.82. The zero-order valence-electron chi connectivity index (χ0n) is 19.2. The summed E-state index contributed by atoms with van der Waals surface area (Å²) in [6.45, 7) is 4.53. The Kier molecular flexibility index (Phi) is 7.22. The van der Waals surface area contributed by atoms with Crippen molar-refractivity contribution in [3.8, 4) is 11.5 Å². The third-order valence-electron chi connectivity index (χ3n) is 5.93. The van der Waals surface area contributed by atoms with E-state index in [1.807, 2.05) is 38.1 Å². The quantitative estimate of drug-likeness (QED) is 0.442. The van der Waals surface area contributed by atoms with Gasteiger partial charge < -0.3 is 9.47 Å². The molecule has 2 aromatic carbocycles. The van der Waals surface area contributed by atoms with Crippen LogP contribution in [0.5, 0.6) is 11.5 Å². The molecule has 0 unspecified atom stereocenters. The van der Waals surface area contributed by atoms with Crippen LogP contribution in [0, 0.1) is 6.92 Å². The van der Waals surface area contributed by atoms with E-state index in [0.717, 1.165) is 36.8 Å². The minimum Gasteiger partial charge on any atom is -0.490 e. The molecule has 1 saturated carbocycles. The summed E-state index contributed by atoms with van der Waals surface area (Å²) in [5, 5.41) is 2.58. The summed E-state index contributed by atoms with van der Waals surface area (Å²) in [6, 6.07) is 10.4. The molecule has 0 bridgehead atoms. The third kappa shape index (κ3) is 5.09. The number of nitrogens with zero attached hydrogens (tertiary/aromatic N) is 1. The van der Waals surface area contributed by atoms with Gasteiger partial charge >= 0.3 is 6.03 Å². The van der Waals surface area contributed by atoms with Gasteiger partial charge in [-0.05, 0) is 56.0 Å². The highest BCUT2D eigenvalue weighted by Gasteiger charge is 2.40. The van der Waals surface area contributed by atoms with Crippen molar-refractivity contribution < 1.29 is 23.9 Å². The summed E-state index contributed by atoms with van der Waals surface area (Å²) < 4.78 is 11.7. The first-order valence-electron chi connectivity index (χ1n) is 11.4. The van der Waals surface area contributed by atoms with E-state index >= 15 is 0 Å². The summed E-state index contributed by atoms with van der Waals surface area (Å²) >= 11 is 6.53. The fraction of sp³-hybridized carbons (Fsp3) is 0.346. The molecule has 0 spiro atoms. The zero-order valence-corrected chi connectivity index (χ0v) is 20.0. The van der Waals surface area contributed by atoms with E-state index in [4.69, 9.17) is 21.1 Å². The van der Waals surface area contributed by atoms with Crippen LogP contribution in [0.25, 0.3) is 6.08 Å². The number of aryl methyl sites for hydroxylation is 1. The molecule has 1 aliphatic carbocycles. The molecule has 2 aliphatic rings. The first-order chi connectivity index (χ1) is 16.4. The number of hydrogen-bond donors (Lipinski definition) is 1. The summed E-state index contributed by atoms with van der Waals surface area (Å²) in [4.78, 5) is 39.1. The molecule has 1 aliphatic heterocycles. The third-order valence-corrected chi connectivity index (χ3v) is 6.21. The van der Waals surface area contributed by atoms with Crippen LogP contribution in [-0.2, 0) is 16.2 Å². The lowest BCUT2D eigenvalue weighted by molar-refractivity contribution is -0.131. The van der Waals surface area contributed by atoms with E-state index < -0.39 is 17.8 Å². The zero-order chi connectivity index (χ0) is 24.2. The van der Waals surface area contributed by atoms with Crippen LogP contribution in [0.3, 0.4) is 0 Å². The van der Waals surface area contributed by atoms with Crippen LogP contribution in [-0.4, -0.2) is 35.4 Å². The van der Waals surface area contributed by atoms with Crippen molar-refractivity contribution in [1.29, 1.82) is 0 Å². The summed E-state index contributed by atoms with van der Waals surface area (Å²) in [5.74, 6) is -0.524. The standard InChI is InChI=1S/C26H27ClN2O5/c1-3-33-22-14-18(13-21(27)23(22)34-15-17-8-6-7-16(2)11-17)12-20-24(30)28-26(32)29(25(20)31)19-9-4-5-10-19/h6-8,11-14,19H,3-5,9-10,15H2,1-2H3,(H,28,30,32)/b20-12+. The second-order valence-electron chi connectivity index (χ2n) is 8.47. The lowest BCUT2D eigenvalue weighted by atomic mass is 10.0. The van der Waals surface area contributed by atoms with Crippen LogP contribution < -0.4 is 14.8 Å². The predicted octanol–water partition coefficient (Wildman–Crippen LogP) is 5.03. The van der Waals surface area contributed by atoms with Gasteiger partial charge in [0.25, 0.3) is 11.8 Å². The molecule has 4 rings (SSSR count). The van der Waals surface area contributed by atoms with E-state index in [9.17, 15) is 14.4 Å². The molecule has 4 amide bonds. The van der Waals surface area contributed by atoms with Gasteiger partial charge in [-0.2, -0.15) is 0 Å². The molecule has 0 atom stereocenters. The molecule has 2 fully saturated rings.